The van der Waals surface area contributed by atoms with Crippen LogP contribution in [0, 0.1) is 0 Å². The fourth-order valence-corrected chi connectivity index (χ4v) is 4.05. The quantitative estimate of drug-likeness (QED) is 0.642. The third-order valence-corrected chi connectivity index (χ3v) is 6.62. The van der Waals surface area contributed by atoms with Crippen molar-refractivity contribution in [2.24, 2.45) is 0 Å². The summed E-state index contributed by atoms with van der Waals surface area (Å²) in [4.78, 5) is 22.2. The van der Waals surface area contributed by atoms with Crippen molar-refractivity contribution in [3.8, 4) is 0 Å². The van der Waals surface area contributed by atoms with Crippen molar-refractivity contribution < 1.29 is 8.42 Å². The van der Waals surface area contributed by atoms with Crippen LogP contribution in [0.3, 0.4) is 0 Å². The Morgan fingerprint density at radius 2 is 1.76 bits per heavy atom. The van der Waals surface area contributed by atoms with E-state index in [1.54, 1.807) is 24.3 Å². The predicted octanol–water partition coefficient (Wildman–Crippen LogP) is 2.58. The zero-order chi connectivity index (χ0) is 21.2. The highest BCUT2D eigenvalue weighted by Crippen LogP contribution is 2.18. The monoisotopic (exact) mass is 414 g/mol. The molecule has 1 heterocycles. The minimum atomic E-state index is -3.49. The van der Waals surface area contributed by atoms with Gasteiger partial charge >= 0.3 is 0 Å². The van der Waals surface area contributed by atoms with Gasteiger partial charge in [0.1, 0.15) is 5.82 Å². The topological polar surface area (TPSA) is 86.4 Å². The summed E-state index contributed by atoms with van der Waals surface area (Å²) in [6.07, 6.45) is 0. The summed E-state index contributed by atoms with van der Waals surface area (Å²) in [6, 6.07) is 14.4. The molecule has 1 N–H and O–H groups in total. The van der Waals surface area contributed by atoms with E-state index in [0.717, 1.165) is 5.56 Å². The SMILES string of the molecule is CC(C)N(Cc1cccc(S(=O)(=O)N(C)C)c1)Cc1nc2ccccc2c(=O)[nH]1. The van der Waals surface area contributed by atoms with Crippen LogP contribution in [0.15, 0.2) is 58.2 Å². The summed E-state index contributed by atoms with van der Waals surface area (Å²) in [7, 11) is -0.453. The smallest absolute Gasteiger partial charge is 0.258 e. The molecule has 7 nitrogen and oxygen atoms in total. The van der Waals surface area contributed by atoms with E-state index >= 15 is 0 Å². The van der Waals surface area contributed by atoms with Crippen LogP contribution in [0.4, 0.5) is 0 Å². The van der Waals surface area contributed by atoms with Crippen LogP contribution in [0.1, 0.15) is 25.2 Å². The standard InChI is InChI=1S/C21H26N4O3S/c1-15(2)25(13-16-8-7-9-17(12-16)29(27,28)24(3)4)14-20-22-19-11-6-5-10-18(19)21(26)23-20/h5-12,15H,13-14H2,1-4H3,(H,22,23,26). The second-order valence-corrected chi connectivity index (χ2v) is 9.62. The molecule has 0 amide bonds. The van der Waals surface area contributed by atoms with Crippen molar-refractivity contribution in [3.63, 3.8) is 0 Å². The van der Waals surface area contributed by atoms with Gasteiger partial charge in [-0.25, -0.2) is 17.7 Å². The maximum Gasteiger partial charge on any atom is 0.258 e. The van der Waals surface area contributed by atoms with Gasteiger partial charge in [0, 0.05) is 26.7 Å². The summed E-state index contributed by atoms with van der Waals surface area (Å²) in [5.74, 6) is 0.583. The lowest BCUT2D eigenvalue weighted by Gasteiger charge is -2.26. The first kappa shape index (κ1) is 21.2. The minimum Gasteiger partial charge on any atom is -0.309 e. The molecule has 154 valence electrons. The summed E-state index contributed by atoms with van der Waals surface area (Å²) < 4.78 is 26.0. The van der Waals surface area contributed by atoms with Crippen LogP contribution in [-0.2, 0) is 23.1 Å². The van der Waals surface area contributed by atoms with Gasteiger partial charge in [-0.15, -0.1) is 0 Å². The highest BCUT2D eigenvalue weighted by atomic mass is 32.2. The molecule has 0 saturated carbocycles. The first-order valence-corrected chi connectivity index (χ1v) is 10.9. The first-order chi connectivity index (χ1) is 13.7. The molecule has 0 bridgehead atoms. The van der Waals surface area contributed by atoms with Gasteiger partial charge < -0.3 is 4.98 Å². The number of para-hydroxylation sites is 1. The van der Waals surface area contributed by atoms with Gasteiger partial charge in [-0.3, -0.25) is 9.69 Å². The number of H-pyrrole nitrogens is 1. The average Bonchev–Trinajstić information content (AvgIpc) is 2.67. The molecule has 3 aromatic rings. The Balaban J connectivity index is 1.88. The fraction of sp³-hybridized carbons (Fsp3) is 0.333. The summed E-state index contributed by atoms with van der Waals surface area (Å²) in [6.45, 7) is 5.09. The lowest BCUT2D eigenvalue weighted by molar-refractivity contribution is 0.198. The number of benzene rings is 2. The molecular weight excluding hydrogens is 388 g/mol. The van der Waals surface area contributed by atoms with Crippen LogP contribution in [-0.4, -0.2) is 47.7 Å². The van der Waals surface area contributed by atoms with Gasteiger partial charge in [0.25, 0.3) is 5.56 Å². The Bertz CT molecular complexity index is 1170. The van der Waals surface area contributed by atoms with Crippen molar-refractivity contribution in [2.75, 3.05) is 14.1 Å². The molecular formula is C21H26N4O3S. The maximum atomic E-state index is 12.4. The molecule has 0 aliphatic carbocycles. The number of aromatic amines is 1. The summed E-state index contributed by atoms with van der Waals surface area (Å²) >= 11 is 0. The average molecular weight is 415 g/mol. The van der Waals surface area contributed by atoms with Gasteiger partial charge in [-0.2, -0.15) is 0 Å². The minimum absolute atomic E-state index is 0.159. The van der Waals surface area contributed by atoms with E-state index in [2.05, 4.69) is 28.7 Å². The van der Waals surface area contributed by atoms with Gasteiger partial charge in [0.05, 0.1) is 22.3 Å². The van der Waals surface area contributed by atoms with Crippen LogP contribution < -0.4 is 5.56 Å². The van der Waals surface area contributed by atoms with Gasteiger partial charge in [-0.1, -0.05) is 24.3 Å². The van der Waals surface area contributed by atoms with E-state index in [1.165, 1.54) is 18.4 Å². The normalized spacial score (nSPS) is 12.4. The molecule has 0 atom stereocenters. The summed E-state index contributed by atoms with van der Waals surface area (Å²) in [5.41, 5.74) is 1.38. The molecule has 0 fully saturated rings. The molecule has 0 radical (unpaired) electrons. The molecule has 0 aliphatic heterocycles. The van der Waals surface area contributed by atoms with Crippen molar-refractivity contribution >= 4 is 20.9 Å². The molecule has 1 aromatic heterocycles. The van der Waals surface area contributed by atoms with Crippen molar-refractivity contribution in [1.82, 2.24) is 19.2 Å². The highest BCUT2D eigenvalue weighted by Gasteiger charge is 2.19. The molecule has 0 saturated heterocycles. The van der Waals surface area contributed by atoms with Crippen LogP contribution in [0.25, 0.3) is 10.9 Å². The number of fused-ring (bicyclic) bond motifs is 1. The van der Waals surface area contributed by atoms with Crippen LogP contribution in [0.5, 0.6) is 0 Å². The highest BCUT2D eigenvalue weighted by molar-refractivity contribution is 7.89. The molecule has 0 spiro atoms. The number of nitrogens with zero attached hydrogens (tertiary/aromatic N) is 3. The largest absolute Gasteiger partial charge is 0.309 e. The number of sulfonamides is 1. The Morgan fingerprint density at radius 3 is 2.45 bits per heavy atom. The Morgan fingerprint density at radius 1 is 1.03 bits per heavy atom. The zero-order valence-electron chi connectivity index (χ0n) is 17.1. The van der Waals surface area contributed by atoms with Crippen molar-refractivity contribution in [3.05, 3.63) is 70.3 Å². The number of rotatable bonds is 7. The van der Waals surface area contributed by atoms with Gasteiger partial charge in [0.2, 0.25) is 10.0 Å². The fourth-order valence-electron chi connectivity index (χ4n) is 3.07. The van der Waals surface area contributed by atoms with Crippen molar-refractivity contribution in [1.29, 1.82) is 0 Å². The predicted molar refractivity (Wildman–Crippen MR) is 114 cm³/mol. The van der Waals surface area contributed by atoms with E-state index in [-0.39, 0.29) is 16.5 Å². The van der Waals surface area contributed by atoms with E-state index in [9.17, 15) is 13.2 Å². The lowest BCUT2D eigenvalue weighted by Crippen LogP contribution is -2.31. The molecule has 3 rings (SSSR count). The molecule has 2 aromatic carbocycles. The molecule has 8 heteroatoms. The van der Waals surface area contributed by atoms with E-state index in [0.29, 0.717) is 29.8 Å². The second-order valence-electron chi connectivity index (χ2n) is 7.46. The first-order valence-electron chi connectivity index (χ1n) is 9.42. The third kappa shape index (κ3) is 4.72. The van der Waals surface area contributed by atoms with Crippen LogP contribution >= 0.6 is 0 Å². The Hall–Kier alpha value is -2.55. The number of hydrogen-bond acceptors (Lipinski definition) is 5. The third-order valence-electron chi connectivity index (χ3n) is 4.81. The maximum absolute atomic E-state index is 12.4. The van der Waals surface area contributed by atoms with Gasteiger partial charge in [0.15, 0.2) is 0 Å². The van der Waals surface area contributed by atoms with E-state index in [1.807, 2.05) is 24.3 Å². The second kappa shape index (κ2) is 8.44. The molecule has 29 heavy (non-hydrogen) atoms. The lowest BCUT2D eigenvalue weighted by atomic mass is 10.2. The Kier molecular flexibility index (Phi) is 6.16. The number of nitrogens with one attached hydrogen (secondary N) is 1. The molecule has 0 unspecified atom stereocenters. The molecule has 0 aliphatic rings. The zero-order valence-corrected chi connectivity index (χ0v) is 17.9. The number of hydrogen-bond donors (Lipinski definition) is 1. The van der Waals surface area contributed by atoms with Gasteiger partial charge in [-0.05, 0) is 43.7 Å². The van der Waals surface area contributed by atoms with E-state index in [4.69, 9.17) is 0 Å². The van der Waals surface area contributed by atoms with Crippen LogP contribution in [0.2, 0.25) is 0 Å². The van der Waals surface area contributed by atoms with Crippen molar-refractivity contribution in [2.45, 2.75) is 37.9 Å². The van der Waals surface area contributed by atoms with E-state index < -0.39 is 10.0 Å². The Labute approximate surface area is 171 Å². The number of aromatic nitrogens is 2. The summed E-state index contributed by atoms with van der Waals surface area (Å²) in [5, 5.41) is 0.564.